The van der Waals surface area contributed by atoms with Crippen LogP contribution in [0.1, 0.15) is 44.1 Å². The van der Waals surface area contributed by atoms with E-state index in [1.807, 2.05) is 30.3 Å². The van der Waals surface area contributed by atoms with E-state index in [9.17, 15) is 4.79 Å². The van der Waals surface area contributed by atoms with Gasteiger partial charge in [-0.3, -0.25) is 4.79 Å². The molecule has 1 aromatic carbocycles. The van der Waals surface area contributed by atoms with Crippen molar-refractivity contribution in [3.8, 4) is 0 Å². The molecule has 1 amide bonds. The molecule has 1 aliphatic heterocycles. The molecule has 2 atom stereocenters. The van der Waals surface area contributed by atoms with Gasteiger partial charge in [-0.1, -0.05) is 43.7 Å². The van der Waals surface area contributed by atoms with E-state index in [0.29, 0.717) is 0 Å². The molecular formula is C16H24N2O. The van der Waals surface area contributed by atoms with Crippen LogP contribution in [-0.2, 0) is 4.79 Å². The number of benzene rings is 1. The van der Waals surface area contributed by atoms with E-state index in [4.69, 9.17) is 0 Å². The molecule has 104 valence electrons. The molecule has 0 aromatic heterocycles. The Morgan fingerprint density at radius 2 is 2.16 bits per heavy atom. The Labute approximate surface area is 115 Å². The van der Waals surface area contributed by atoms with Crippen molar-refractivity contribution < 1.29 is 4.79 Å². The largest absolute Gasteiger partial charge is 0.352 e. The van der Waals surface area contributed by atoms with E-state index in [0.717, 1.165) is 31.5 Å². The Morgan fingerprint density at radius 1 is 1.37 bits per heavy atom. The van der Waals surface area contributed by atoms with E-state index in [1.165, 1.54) is 12.8 Å². The second kappa shape index (κ2) is 7.29. The molecule has 2 unspecified atom stereocenters. The van der Waals surface area contributed by atoms with Gasteiger partial charge >= 0.3 is 0 Å². The molecule has 2 rings (SSSR count). The Balaban J connectivity index is 1.96. The third-order valence-corrected chi connectivity index (χ3v) is 3.82. The molecule has 0 spiro atoms. The Hall–Kier alpha value is -1.35. The third-order valence-electron chi connectivity index (χ3n) is 3.82. The highest BCUT2D eigenvalue weighted by Crippen LogP contribution is 2.19. The van der Waals surface area contributed by atoms with Crippen molar-refractivity contribution >= 4 is 5.91 Å². The lowest BCUT2D eigenvalue weighted by Gasteiger charge is -2.21. The molecule has 19 heavy (non-hydrogen) atoms. The summed E-state index contributed by atoms with van der Waals surface area (Å²) in [6.45, 7) is 4.04. The number of hydrogen-bond acceptors (Lipinski definition) is 2. The number of hydrogen-bond donors (Lipinski definition) is 2. The summed E-state index contributed by atoms with van der Waals surface area (Å²) in [7, 11) is 0. The zero-order valence-corrected chi connectivity index (χ0v) is 11.7. The van der Waals surface area contributed by atoms with E-state index in [1.54, 1.807) is 0 Å². The molecule has 3 heteroatoms. The molecule has 1 saturated heterocycles. The average Bonchev–Trinajstić information content (AvgIpc) is 2.69. The number of amides is 1. The topological polar surface area (TPSA) is 41.1 Å². The third kappa shape index (κ3) is 4.06. The summed E-state index contributed by atoms with van der Waals surface area (Å²) in [6, 6.07) is 10.4. The average molecular weight is 260 g/mol. The summed E-state index contributed by atoms with van der Waals surface area (Å²) >= 11 is 0. The summed E-state index contributed by atoms with van der Waals surface area (Å²) < 4.78 is 0. The molecule has 0 radical (unpaired) electrons. The zero-order chi connectivity index (χ0) is 13.5. The molecule has 1 aliphatic rings. The van der Waals surface area contributed by atoms with Gasteiger partial charge in [0.1, 0.15) is 0 Å². The van der Waals surface area contributed by atoms with Crippen molar-refractivity contribution in [1.29, 1.82) is 0 Å². The summed E-state index contributed by atoms with van der Waals surface area (Å²) in [5.41, 5.74) is 1.11. The normalized spacial score (nSPS) is 21.4. The lowest BCUT2D eigenvalue weighted by Crippen LogP contribution is -2.42. The van der Waals surface area contributed by atoms with E-state index in [2.05, 4.69) is 17.6 Å². The molecule has 1 aromatic rings. The summed E-state index contributed by atoms with van der Waals surface area (Å²) in [5, 5.41) is 6.59. The van der Waals surface area contributed by atoms with Crippen molar-refractivity contribution in [1.82, 2.24) is 10.6 Å². The molecule has 3 nitrogen and oxygen atoms in total. The number of nitrogens with one attached hydrogen (secondary N) is 2. The maximum absolute atomic E-state index is 12.4. The van der Waals surface area contributed by atoms with Crippen LogP contribution in [0.15, 0.2) is 30.3 Å². The molecular weight excluding hydrogens is 236 g/mol. The maximum Gasteiger partial charge on any atom is 0.227 e. The maximum atomic E-state index is 12.4. The van der Waals surface area contributed by atoms with Gasteiger partial charge in [0.25, 0.3) is 0 Å². The minimum absolute atomic E-state index is 0.0237. The van der Waals surface area contributed by atoms with Crippen LogP contribution in [0, 0.1) is 0 Å². The molecule has 1 fully saturated rings. The van der Waals surface area contributed by atoms with E-state index in [-0.39, 0.29) is 17.9 Å². The minimum Gasteiger partial charge on any atom is -0.352 e. The van der Waals surface area contributed by atoms with Gasteiger partial charge in [-0.15, -0.1) is 0 Å². The van der Waals surface area contributed by atoms with E-state index >= 15 is 0 Å². The number of carbonyl (C=O) groups excluding carboxylic acids is 1. The van der Waals surface area contributed by atoms with Crippen LogP contribution in [0.5, 0.6) is 0 Å². The van der Waals surface area contributed by atoms with Gasteiger partial charge in [0, 0.05) is 12.6 Å². The minimum atomic E-state index is -0.0237. The van der Waals surface area contributed by atoms with Crippen molar-refractivity contribution in [2.75, 3.05) is 13.1 Å². The van der Waals surface area contributed by atoms with Gasteiger partial charge in [-0.2, -0.15) is 0 Å². The standard InChI is InChI=1S/C16H24N2O/c1-2-15(13-8-4-3-5-9-13)16(19)18-14-10-6-7-11-17-12-14/h3-5,8-9,14-15,17H,2,6-7,10-12H2,1H3,(H,18,19). The fraction of sp³-hybridized carbons (Fsp3) is 0.562. The summed E-state index contributed by atoms with van der Waals surface area (Å²) in [6.07, 6.45) is 4.34. The second-order valence-electron chi connectivity index (χ2n) is 5.28. The van der Waals surface area contributed by atoms with Crippen LogP contribution in [0.3, 0.4) is 0 Å². The van der Waals surface area contributed by atoms with Gasteiger partial charge in [0.05, 0.1) is 5.92 Å². The predicted octanol–water partition coefficient (Wildman–Crippen LogP) is 2.44. The van der Waals surface area contributed by atoms with Crippen LogP contribution in [-0.4, -0.2) is 25.0 Å². The highest BCUT2D eigenvalue weighted by atomic mass is 16.1. The van der Waals surface area contributed by atoms with Gasteiger partial charge in [0.2, 0.25) is 5.91 Å². The zero-order valence-electron chi connectivity index (χ0n) is 11.7. The van der Waals surface area contributed by atoms with Crippen LogP contribution in [0.25, 0.3) is 0 Å². The SMILES string of the molecule is CCC(C(=O)NC1CCCCNC1)c1ccccc1. The smallest absolute Gasteiger partial charge is 0.227 e. The highest BCUT2D eigenvalue weighted by molar-refractivity contribution is 5.83. The summed E-state index contributed by atoms with van der Waals surface area (Å²) in [4.78, 5) is 12.4. The first kappa shape index (κ1) is 14.1. The predicted molar refractivity (Wildman–Crippen MR) is 78.1 cm³/mol. The fourth-order valence-corrected chi connectivity index (χ4v) is 2.70. The quantitative estimate of drug-likeness (QED) is 0.873. The highest BCUT2D eigenvalue weighted by Gasteiger charge is 2.21. The lowest BCUT2D eigenvalue weighted by molar-refractivity contribution is -0.123. The summed E-state index contributed by atoms with van der Waals surface area (Å²) in [5.74, 6) is 0.145. The number of rotatable bonds is 4. The molecule has 0 aliphatic carbocycles. The molecule has 0 saturated carbocycles. The fourth-order valence-electron chi connectivity index (χ4n) is 2.70. The van der Waals surface area contributed by atoms with Gasteiger partial charge in [-0.25, -0.2) is 0 Å². The van der Waals surface area contributed by atoms with Crippen LogP contribution in [0.2, 0.25) is 0 Å². The van der Waals surface area contributed by atoms with Crippen LogP contribution in [0.4, 0.5) is 0 Å². The monoisotopic (exact) mass is 260 g/mol. The first-order chi connectivity index (χ1) is 9.31. The molecule has 1 heterocycles. The first-order valence-electron chi connectivity index (χ1n) is 7.37. The number of carbonyl (C=O) groups is 1. The molecule has 2 N–H and O–H groups in total. The Kier molecular flexibility index (Phi) is 5.40. The van der Waals surface area contributed by atoms with Crippen LogP contribution >= 0.6 is 0 Å². The lowest BCUT2D eigenvalue weighted by atomic mass is 9.95. The molecule has 0 bridgehead atoms. The van der Waals surface area contributed by atoms with E-state index < -0.39 is 0 Å². The van der Waals surface area contributed by atoms with Crippen molar-refractivity contribution in [3.05, 3.63) is 35.9 Å². The van der Waals surface area contributed by atoms with Crippen molar-refractivity contribution in [2.45, 2.75) is 44.6 Å². The van der Waals surface area contributed by atoms with Crippen molar-refractivity contribution in [2.24, 2.45) is 0 Å². The Morgan fingerprint density at radius 3 is 2.89 bits per heavy atom. The Bertz CT molecular complexity index is 383. The second-order valence-corrected chi connectivity index (χ2v) is 5.28. The van der Waals surface area contributed by atoms with Crippen LogP contribution < -0.4 is 10.6 Å². The van der Waals surface area contributed by atoms with Gasteiger partial charge in [0.15, 0.2) is 0 Å². The van der Waals surface area contributed by atoms with Crippen molar-refractivity contribution in [3.63, 3.8) is 0 Å². The van der Waals surface area contributed by atoms with Gasteiger partial charge < -0.3 is 10.6 Å². The first-order valence-corrected chi connectivity index (χ1v) is 7.37. The van der Waals surface area contributed by atoms with Gasteiger partial charge in [-0.05, 0) is 31.4 Å².